The fraction of sp³-hybridized carbons (Fsp3) is 0.200. The molecule has 1 heterocycles. The molecular formula is C15H15O4P. The molecule has 0 bridgehead atoms. The van der Waals surface area contributed by atoms with Gasteiger partial charge in [0.2, 0.25) is 0 Å². The first-order chi connectivity index (χ1) is 9.70. The van der Waals surface area contributed by atoms with Crippen molar-refractivity contribution >= 4 is 12.7 Å². The minimum atomic E-state index is -3.32. The lowest BCUT2D eigenvalue weighted by atomic mass is 10.0. The maximum absolute atomic E-state index is 13.3. The van der Waals surface area contributed by atoms with Gasteiger partial charge in [-0.1, -0.05) is 43.3 Å². The third kappa shape index (κ3) is 1.88. The summed E-state index contributed by atoms with van der Waals surface area (Å²) in [4.78, 5) is 4.43. The summed E-state index contributed by atoms with van der Waals surface area (Å²) in [7, 11) is -3.32. The largest absolute Gasteiger partial charge is 0.437 e. The van der Waals surface area contributed by atoms with Crippen molar-refractivity contribution in [3.05, 3.63) is 48.5 Å². The molecule has 0 fully saturated rings. The molecule has 2 atom stereocenters. The molecule has 1 N–H and O–H groups in total. The molecule has 3 rings (SSSR count). The highest BCUT2D eigenvalue weighted by Crippen LogP contribution is 2.58. The van der Waals surface area contributed by atoms with Gasteiger partial charge in [0.1, 0.15) is 5.75 Å². The lowest BCUT2D eigenvalue weighted by Gasteiger charge is -2.31. The molecule has 2 unspecified atom stereocenters. The van der Waals surface area contributed by atoms with Crippen LogP contribution in [0, 0.1) is 0 Å². The molecule has 1 aliphatic rings. The molecule has 2 aromatic carbocycles. The van der Waals surface area contributed by atoms with E-state index in [1.54, 1.807) is 19.1 Å². The van der Waals surface area contributed by atoms with Gasteiger partial charge in [-0.15, -0.1) is 0 Å². The topological polar surface area (TPSA) is 55.8 Å². The van der Waals surface area contributed by atoms with Crippen LogP contribution in [0.15, 0.2) is 48.5 Å². The van der Waals surface area contributed by atoms with Crippen molar-refractivity contribution in [3.8, 4) is 16.9 Å². The van der Waals surface area contributed by atoms with Crippen LogP contribution in [0.2, 0.25) is 0 Å². The van der Waals surface area contributed by atoms with E-state index in [4.69, 9.17) is 9.78 Å². The molecule has 0 amide bonds. The van der Waals surface area contributed by atoms with Gasteiger partial charge in [-0.3, -0.25) is 9.82 Å². The van der Waals surface area contributed by atoms with Crippen molar-refractivity contribution in [2.75, 3.05) is 0 Å². The average molecular weight is 290 g/mol. The first kappa shape index (κ1) is 13.4. The lowest BCUT2D eigenvalue weighted by molar-refractivity contribution is -0.257. The third-order valence-corrected chi connectivity index (χ3v) is 6.25. The standard InChI is InChI=1S/C15H15O4P/c1-2-15(18-16)20(17)14-10-6-4-8-12(14)11-7-3-5-9-13(11)19-20/h3-10,15-16H,2H2,1H3. The summed E-state index contributed by atoms with van der Waals surface area (Å²) < 4.78 is 19.0. The summed E-state index contributed by atoms with van der Waals surface area (Å²) in [6, 6.07) is 14.8. The highest BCUT2D eigenvalue weighted by atomic mass is 31.2. The van der Waals surface area contributed by atoms with E-state index in [2.05, 4.69) is 4.89 Å². The zero-order valence-electron chi connectivity index (χ0n) is 11.0. The molecule has 1 aliphatic heterocycles. The highest BCUT2D eigenvalue weighted by molar-refractivity contribution is 7.68. The van der Waals surface area contributed by atoms with E-state index in [1.807, 2.05) is 36.4 Å². The number of hydrogen-bond donors (Lipinski definition) is 1. The second kappa shape index (κ2) is 5.06. The molecule has 20 heavy (non-hydrogen) atoms. The Hall–Kier alpha value is -1.61. The van der Waals surface area contributed by atoms with Crippen LogP contribution in [0.5, 0.6) is 5.75 Å². The molecule has 4 nitrogen and oxygen atoms in total. The number of rotatable bonds is 3. The van der Waals surface area contributed by atoms with Gasteiger partial charge in [-0.25, -0.2) is 4.89 Å². The lowest BCUT2D eigenvalue weighted by Crippen LogP contribution is -2.26. The molecule has 0 aliphatic carbocycles. The molecule has 2 aromatic rings. The summed E-state index contributed by atoms with van der Waals surface area (Å²) in [6.45, 7) is 1.80. The van der Waals surface area contributed by atoms with Gasteiger partial charge in [0.25, 0.3) is 0 Å². The highest BCUT2D eigenvalue weighted by Gasteiger charge is 2.43. The predicted molar refractivity (Wildman–Crippen MR) is 77.5 cm³/mol. The van der Waals surface area contributed by atoms with Gasteiger partial charge in [0, 0.05) is 5.56 Å². The van der Waals surface area contributed by atoms with E-state index in [9.17, 15) is 4.57 Å². The van der Waals surface area contributed by atoms with E-state index < -0.39 is 13.2 Å². The number of fused-ring (bicyclic) bond motifs is 3. The van der Waals surface area contributed by atoms with Crippen LogP contribution in [0.4, 0.5) is 0 Å². The Labute approximate surface area is 117 Å². The third-order valence-electron chi connectivity index (χ3n) is 3.50. The Balaban J connectivity index is 2.26. The summed E-state index contributed by atoms with van der Waals surface area (Å²) in [5.74, 6) is -0.304. The molecule has 0 aromatic heterocycles. The van der Waals surface area contributed by atoms with Crippen LogP contribution in [-0.2, 0) is 9.45 Å². The monoisotopic (exact) mass is 290 g/mol. The Bertz CT molecular complexity index is 679. The Morgan fingerprint density at radius 1 is 1.15 bits per heavy atom. The van der Waals surface area contributed by atoms with Crippen LogP contribution < -0.4 is 9.83 Å². The first-order valence-electron chi connectivity index (χ1n) is 6.49. The molecule has 0 radical (unpaired) electrons. The van der Waals surface area contributed by atoms with Crippen molar-refractivity contribution in [3.63, 3.8) is 0 Å². The van der Waals surface area contributed by atoms with Crippen molar-refractivity contribution < 1.29 is 19.2 Å². The average Bonchev–Trinajstić information content (AvgIpc) is 2.49. The Morgan fingerprint density at radius 2 is 1.80 bits per heavy atom. The van der Waals surface area contributed by atoms with Gasteiger partial charge in [0.15, 0.2) is 5.85 Å². The van der Waals surface area contributed by atoms with E-state index in [0.29, 0.717) is 17.5 Å². The Kier molecular flexibility index (Phi) is 3.38. The van der Waals surface area contributed by atoms with Gasteiger partial charge in [-0.2, -0.15) is 0 Å². The molecule has 0 saturated heterocycles. The van der Waals surface area contributed by atoms with Crippen molar-refractivity contribution in [2.24, 2.45) is 0 Å². The number of hydrogen-bond acceptors (Lipinski definition) is 4. The van der Waals surface area contributed by atoms with Gasteiger partial charge in [0.05, 0.1) is 5.30 Å². The second-order valence-electron chi connectivity index (χ2n) is 4.67. The number of para-hydroxylation sites is 1. The van der Waals surface area contributed by atoms with E-state index in [1.165, 1.54) is 0 Å². The maximum atomic E-state index is 13.3. The maximum Gasteiger partial charge on any atom is 0.309 e. The zero-order valence-corrected chi connectivity index (χ0v) is 11.9. The van der Waals surface area contributed by atoms with Crippen LogP contribution >= 0.6 is 7.37 Å². The zero-order chi connectivity index (χ0) is 14.2. The Morgan fingerprint density at radius 3 is 2.50 bits per heavy atom. The number of benzene rings is 2. The van der Waals surface area contributed by atoms with Crippen molar-refractivity contribution in [1.29, 1.82) is 0 Å². The van der Waals surface area contributed by atoms with E-state index in [0.717, 1.165) is 11.1 Å². The second-order valence-corrected chi connectivity index (χ2v) is 7.10. The smallest absolute Gasteiger partial charge is 0.309 e. The summed E-state index contributed by atoms with van der Waals surface area (Å²) >= 11 is 0. The van der Waals surface area contributed by atoms with Crippen LogP contribution in [-0.4, -0.2) is 11.1 Å². The molecule has 5 heteroatoms. The first-order valence-corrected chi connectivity index (χ1v) is 8.18. The molecule has 0 spiro atoms. The fourth-order valence-corrected chi connectivity index (χ4v) is 4.94. The molecule has 0 saturated carbocycles. The molecular weight excluding hydrogens is 275 g/mol. The van der Waals surface area contributed by atoms with Crippen LogP contribution in [0.1, 0.15) is 13.3 Å². The SMILES string of the molecule is CCC(OO)P1(=O)Oc2ccccc2-c2ccccc21. The summed E-state index contributed by atoms with van der Waals surface area (Å²) in [5, 5.41) is 9.66. The van der Waals surface area contributed by atoms with Crippen LogP contribution in [0.3, 0.4) is 0 Å². The van der Waals surface area contributed by atoms with Crippen molar-refractivity contribution in [2.45, 2.75) is 19.2 Å². The van der Waals surface area contributed by atoms with E-state index >= 15 is 0 Å². The minimum Gasteiger partial charge on any atom is -0.437 e. The normalized spacial score (nSPS) is 21.5. The summed E-state index contributed by atoms with van der Waals surface area (Å²) in [5.41, 5.74) is 1.77. The fourth-order valence-electron chi connectivity index (χ4n) is 2.53. The van der Waals surface area contributed by atoms with Crippen LogP contribution in [0.25, 0.3) is 11.1 Å². The molecule has 104 valence electrons. The minimum absolute atomic E-state index is 0.393. The van der Waals surface area contributed by atoms with Gasteiger partial charge >= 0.3 is 7.37 Å². The van der Waals surface area contributed by atoms with Gasteiger partial charge < -0.3 is 4.52 Å². The van der Waals surface area contributed by atoms with Crippen molar-refractivity contribution in [1.82, 2.24) is 0 Å². The van der Waals surface area contributed by atoms with E-state index in [-0.39, 0.29) is 0 Å². The van der Waals surface area contributed by atoms with Gasteiger partial charge in [-0.05, 0) is 24.1 Å². The quantitative estimate of drug-likeness (QED) is 0.529. The predicted octanol–water partition coefficient (Wildman–Crippen LogP) is 3.88. The summed E-state index contributed by atoms with van der Waals surface area (Å²) in [6.07, 6.45) is 0.393.